The fourth-order valence-corrected chi connectivity index (χ4v) is 3.28. The van der Waals surface area contributed by atoms with Gasteiger partial charge in [0.1, 0.15) is 16.9 Å². The molecule has 1 aromatic heterocycles. The third-order valence-electron chi connectivity index (χ3n) is 3.55. The first-order valence-electron chi connectivity index (χ1n) is 6.92. The number of hydrogen-bond donors (Lipinski definition) is 0. The standard InChI is InChI=1S/C15H15F3N2OS/c1-9-8-22-15(19-9)14-7-20(2-3-21-14)6-10-4-12(17)13(18)5-11(10)16/h4-5,8,14H,2-3,6-7H2,1H3. The fourth-order valence-electron chi connectivity index (χ4n) is 2.44. The highest BCUT2D eigenvalue weighted by Gasteiger charge is 2.25. The summed E-state index contributed by atoms with van der Waals surface area (Å²) < 4.78 is 45.7. The Kier molecular flexibility index (Phi) is 4.46. The van der Waals surface area contributed by atoms with Crippen molar-refractivity contribution in [3.05, 3.63) is 51.2 Å². The van der Waals surface area contributed by atoms with E-state index < -0.39 is 17.5 Å². The average Bonchev–Trinajstić information content (AvgIpc) is 2.92. The molecular formula is C15H15F3N2OS. The van der Waals surface area contributed by atoms with E-state index in [1.54, 1.807) is 0 Å². The summed E-state index contributed by atoms with van der Waals surface area (Å²) in [5.41, 5.74) is 1.09. The summed E-state index contributed by atoms with van der Waals surface area (Å²) in [5.74, 6) is -2.93. The summed E-state index contributed by atoms with van der Waals surface area (Å²) in [6.07, 6.45) is -0.166. The second-order valence-electron chi connectivity index (χ2n) is 5.28. The molecule has 0 amide bonds. The molecular weight excluding hydrogens is 313 g/mol. The van der Waals surface area contributed by atoms with Gasteiger partial charge >= 0.3 is 0 Å². The zero-order valence-electron chi connectivity index (χ0n) is 12.0. The Morgan fingerprint density at radius 1 is 1.27 bits per heavy atom. The van der Waals surface area contributed by atoms with Crippen LogP contribution in [0.1, 0.15) is 22.4 Å². The van der Waals surface area contributed by atoms with Crippen LogP contribution in [0.25, 0.3) is 0 Å². The molecule has 1 fully saturated rings. The Bertz CT molecular complexity index is 677. The summed E-state index contributed by atoms with van der Waals surface area (Å²) in [4.78, 5) is 6.36. The van der Waals surface area contributed by atoms with Crippen LogP contribution in [-0.2, 0) is 11.3 Å². The van der Waals surface area contributed by atoms with E-state index in [1.165, 1.54) is 11.3 Å². The third-order valence-corrected chi connectivity index (χ3v) is 4.60. The smallest absolute Gasteiger partial charge is 0.161 e. The fraction of sp³-hybridized carbons (Fsp3) is 0.400. The van der Waals surface area contributed by atoms with Gasteiger partial charge in [-0.15, -0.1) is 11.3 Å². The number of rotatable bonds is 3. The highest BCUT2D eigenvalue weighted by molar-refractivity contribution is 7.09. The van der Waals surface area contributed by atoms with Crippen LogP contribution in [0.2, 0.25) is 0 Å². The summed E-state index contributed by atoms with van der Waals surface area (Å²) in [6, 6.07) is 1.51. The van der Waals surface area contributed by atoms with Gasteiger partial charge in [0.05, 0.1) is 6.61 Å². The molecule has 1 saturated heterocycles. The molecule has 0 radical (unpaired) electrons. The van der Waals surface area contributed by atoms with Crippen LogP contribution in [0, 0.1) is 24.4 Å². The van der Waals surface area contributed by atoms with E-state index in [0.717, 1.165) is 16.8 Å². The first kappa shape index (κ1) is 15.5. The Balaban J connectivity index is 1.71. The van der Waals surface area contributed by atoms with Crippen molar-refractivity contribution in [3.8, 4) is 0 Å². The van der Waals surface area contributed by atoms with Gasteiger partial charge in [0.25, 0.3) is 0 Å². The number of nitrogens with zero attached hydrogens (tertiary/aromatic N) is 2. The van der Waals surface area contributed by atoms with Gasteiger partial charge in [-0.05, 0) is 13.0 Å². The van der Waals surface area contributed by atoms with Crippen LogP contribution in [0.4, 0.5) is 13.2 Å². The molecule has 22 heavy (non-hydrogen) atoms. The number of aromatic nitrogens is 1. The van der Waals surface area contributed by atoms with Gasteiger partial charge in [0, 0.05) is 42.3 Å². The third kappa shape index (κ3) is 3.31. The van der Waals surface area contributed by atoms with Crippen molar-refractivity contribution < 1.29 is 17.9 Å². The number of benzene rings is 1. The van der Waals surface area contributed by atoms with Crippen LogP contribution in [0.3, 0.4) is 0 Å². The number of morpholine rings is 1. The van der Waals surface area contributed by atoms with Crippen molar-refractivity contribution in [1.82, 2.24) is 9.88 Å². The lowest BCUT2D eigenvalue weighted by Crippen LogP contribution is -2.38. The van der Waals surface area contributed by atoms with Crippen LogP contribution < -0.4 is 0 Å². The molecule has 1 unspecified atom stereocenters. The topological polar surface area (TPSA) is 25.4 Å². The monoisotopic (exact) mass is 328 g/mol. The molecule has 0 aliphatic carbocycles. The van der Waals surface area contributed by atoms with E-state index >= 15 is 0 Å². The molecule has 7 heteroatoms. The van der Waals surface area contributed by atoms with Gasteiger partial charge in [-0.2, -0.15) is 0 Å². The molecule has 118 valence electrons. The van der Waals surface area contributed by atoms with Gasteiger partial charge in [-0.25, -0.2) is 18.2 Å². The molecule has 2 heterocycles. The molecule has 0 bridgehead atoms. The van der Waals surface area contributed by atoms with Crippen LogP contribution in [-0.4, -0.2) is 29.6 Å². The predicted octanol–water partition coefficient (Wildman–Crippen LogP) is 3.44. The molecule has 0 saturated carbocycles. The minimum Gasteiger partial charge on any atom is -0.368 e. The number of halogens is 3. The van der Waals surface area contributed by atoms with Crippen molar-refractivity contribution in [2.75, 3.05) is 19.7 Å². The lowest BCUT2D eigenvalue weighted by molar-refractivity contribution is -0.0333. The van der Waals surface area contributed by atoms with E-state index in [0.29, 0.717) is 25.8 Å². The van der Waals surface area contributed by atoms with E-state index in [1.807, 2.05) is 17.2 Å². The summed E-state index contributed by atoms with van der Waals surface area (Å²) in [5, 5.41) is 2.83. The molecule has 2 aromatic rings. The van der Waals surface area contributed by atoms with Gasteiger partial charge in [-0.3, -0.25) is 4.90 Å². The molecule has 3 nitrogen and oxygen atoms in total. The zero-order valence-corrected chi connectivity index (χ0v) is 12.8. The van der Waals surface area contributed by atoms with Crippen LogP contribution >= 0.6 is 11.3 Å². The van der Waals surface area contributed by atoms with Crippen LogP contribution in [0.15, 0.2) is 17.5 Å². The number of thiazole rings is 1. The molecule has 3 rings (SSSR count). The molecule has 1 aliphatic heterocycles. The van der Waals surface area contributed by atoms with Gasteiger partial charge in [0.2, 0.25) is 0 Å². The Hall–Kier alpha value is -1.44. The Morgan fingerprint density at radius 2 is 2.05 bits per heavy atom. The summed E-state index contributed by atoms with van der Waals surface area (Å²) in [6.45, 7) is 3.78. The summed E-state index contributed by atoms with van der Waals surface area (Å²) >= 11 is 1.53. The van der Waals surface area contributed by atoms with Gasteiger partial charge in [0.15, 0.2) is 11.6 Å². The predicted molar refractivity (Wildman–Crippen MR) is 77.1 cm³/mol. The zero-order chi connectivity index (χ0) is 15.7. The number of aryl methyl sites for hydroxylation is 1. The highest BCUT2D eigenvalue weighted by atomic mass is 32.1. The van der Waals surface area contributed by atoms with Gasteiger partial charge in [-0.1, -0.05) is 0 Å². The lowest BCUT2D eigenvalue weighted by Gasteiger charge is -2.32. The maximum atomic E-state index is 13.7. The Morgan fingerprint density at radius 3 is 2.77 bits per heavy atom. The minimum atomic E-state index is -1.17. The molecule has 0 N–H and O–H groups in total. The molecule has 1 aromatic carbocycles. The molecule has 0 spiro atoms. The van der Waals surface area contributed by atoms with E-state index in [-0.39, 0.29) is 18.2 Å². The van der Waals surface area contributed by atoms with Crippen LogP contribution in [0.5, 0.6) is 0 Å². The normalized spacial score (nSPS) is 19.5. The lowest BCUT2D eigenvalue weighted by atomic mass is 10.1. The number of hydrogen-bond acceptors (Lipinski definition) is 4. The quantitative estimate of drug-likeness (QED) is 0.807. The molecule has 1 atom stereocenters. The van der Waals surface area contributed by atoms with Crippen molar-refractivity contribution in [1.29, 1.82) is 0 Å². The second-order valence-corrected chi connectivity index (χ2v) is 6.17. The minimum absolute atomic E-state index is 0.148. The Labute approximate surface area is 130 Å². The van der Waals surface area contributed by atoms with Crippen molar-refractivity contribution in [3.63, 3.8) is 0 Å². The van der Waals surface area contributed by atoms with Crippen molar-refractivity contribution >= 4 is 11.3 Å². The van der Waals surface area contributed by atoms with E-state index in [2.05, 4.69) is 4.98 Å². The second kappa shape index (κ2) is 6.36. The first-order chi connectivity index (χ1) is 10.5. The van der Waals surface area contributed by atoms with Crippen molar-refractivity contribution in [2.24, 2.45) is 0 Å². The highest BCUT2D eigenvalue weighted by Crippen LogP contribution is 2.26. The largest absolute Gasteiger partial charge is 0.368 e. The maximum absolute atomic E-state index is 13.7. The molecule has 1 aliphatic rings. The first-order valence-corrected chi connectivity index (χ1v) is 7.80. The van der Waals surface area contributed by atoms with E-state index in [4.69, 9.17) is 4.74 Å². The average molecular weight is 328 g/mol. The maximum Gasteiger partial charge on any atom is 0.161 e. The van der Waals surface area contributed by atoms with Crippen molar-refractivity contribution in [2.45, 2.75) is 19.6 Å². The number of ether oxygens (including phenoxy) is 1. The van der Waals surface area contributed by atoms with E-state index in [9.17, 15) is 13.2 Å². The summed E-state index contributed by atoms with van der Waals surface area (Å²) in [7, 11) is 0. The van der Waals surface area contributed by atoms with Gasteiger partial charge < -0.3 is 4.74 Å². The SMILES string of the molecule is Cc1csc(C2CN(Cc3cc(F)c(F)cc3F)CCO2)n1.